The summed E-state index contributed by atoms with van der Waals surface area (Å²) in [5, 5.41) is 2.56. The number of carbonyl (C=O) groups excluding carboxylic acids is 2. The van der Waals surface area contributed by atoms with Crippen LogP contribution >= 0.6 is 12.2 Å². The molecule has 0 unspecified atom stereocenters. The van der Waals surface area contributed by atoms with Gasteiger partial charge in [0.2, 0.25) is 5.91 Å². The Labute approximate surface area is 103 Å². The van der Waals surface area contributed by atoms with E-state index in [0.29, 0.717) is 11.3 Å². The number of benzene rings is 1. The first-order chi connectivity index (χ1) is 8.11. The van der Waals surface area contributed by atoms with Crippen molar-refractivity contribution >= 4 is 29.1 Å². The molecule has 0 aliphatic carbocycles. The predicted octanol–water partition coefficient (Wildman–Crippen LogP) is 0.552. The van der Waals surface area contributed by atoms with E-state index in [1.54, 1.807) is 31.4 Å². The number of rotatable bonds is 2. The van der Waals surface area contributed by atoms with Crippen molar-refractivity contribution in [2.75, 3.05) is 13.7 Å². The average Bonchev–Trinajstić information content (AvgIpc) is 2.68. The highest BCUT2D eigenvalue weighted by atomic mass is 32.1. The van der Waals surface area contributed by atoms with Gasteiger partial charge in [-0.25, -0.2) is 0 Å². The van der Waals surface area contributed by atoms with Gasteiger partial charge in [-0.3, -0.25) is 14.5 Å². The highest BCUT2D eigenvalue weighted by Crippen LogP contribution is 2.14. The number of ether oxygens (including phenoxy) is 1. The van der Waals surface area contributed by atoms with Crippen molar-refractivity contribution in [2.24, 2.45) is 0 Å². The number of thiocarbonyl (C=S) groups is 1. The Bertz CT molecular complexity index is 484. The van der Waals surface area contributed by atoms with E-state index in [-0.39, 0.29) is 23.5 Å². The Kier molecular flexibility index (Phi) is 3.06. The van der Waals surface area contributed by atoms with Crippen molar-refractivity contribution in [3.05, 3.63) is 29.8 Å². The molecule has 1 aromatic rings. The molecule has 0 atom stereocenters. The van der Waals surface area contributed by atoms with E-state index in [9.17, 15) is 9.59 Å². The zero-order chi connectivity index (χ0) is 12.4. The summed E-state index contributed by atoms with van der Waals surface area (Å²) in [5.74, 6) is 0.104. The van der Waals surface area contributed by atoms with Crippen molar-refractivity contribution < 1.29 is 14.3 Å². The van der Waals surface area contributed by atoms with Gasteiger partial charge in [0, 0.05) is 5.56 Å². The third-order valence-corrected chi connectivity index (χ3v) is 2.70. The maximum absolute atomic E-state index is 12.0. The number of methoxy groups -OCH3 is 1. The van der Waals surface area contributed by atoms with Crippen LogP contribution in [0.1, 0.15) is 10.4 Å². The SMILES string of the molecule is COc1ccc(C(=O)N2CC(=O)NC2=S)cc1. The minimum atomic E-state index is -0.295. The second-order valence-electron chi connectivity index (χ2n) is 3.47. The number of nitrogens with zero attached hydrogens (tertiary/aromatic N) is 1. The van der Waals surface area contributed by atoms with Gasteiger partial charge in [0.15, 0.2) is 5.11 Å². The van der Waals surface area contributed by atoms with Crippen molar-refractivity contribution in [1.82, 2.24) is 10.2 Å². The Hall–Kier alpha value is -1.95. The first-order valence-electron chi connectivity index (χ1n) is 4.91. The molecule has 1 fully saturated rings. The van der Waals surface area contributed by atoms with Crippen molar-refractivity contribution in [3.63, 3.8) is 0 Å². The topological polar surface area (TPSA) is 58.6 Å². The standard InChI is InChI=1S/C11H10N2O3S/c1-16-8-4-2-7(3-5-8)10(15)13-6-9(14)12-11(13)17/h2-5H,6H2,1H3,(H,12,14,17). The van der Waals surface area contributed by atoms with Crippen LogP contribution in [0, 0.1) is 0 Å². The average molecular weight is 250 g/mol. The molecule has 1 saturated heterocycles. The molecule has 2 rings (SSSR count). The van der Waals surface area contributed by atoms with Crippen LogP contribution in [0.25, 0.3) is 0 Å². The molecule has 0 saturated carbocycles. The van der Waals surface area contributed by atoms with Crippen LogP contribution in [-0.4, -0.2) is 35.5 Å². The first kappa shape index (κ1) is 11.5. The Balaban J connectivity index is 2.19. The van der Waals surface area contributed by atoms with E-state index in [4.69, 9.17) is 17.0 Å². The third kappa shape index (κ3) is 2.26. The number of amides is 2. The Morgan fingerprint density at radius 1 is 1.41 bits per heavy atom. The van der Waals surface area contributed by atoms with Gasteiger partial charge in [0.05, 0.1) is 7.11 Å². The highest BCUT2D eigenvalue weighted by molar-refractivity contribution is 7.80. The van der Waals surface area contributed by atoms with Gasteiger partial charge in [-0.15, -0.1) is 0 Å². The second-order valence-corrected chi connectivity index (χ2v) is 3.86. The van der Waals surface area contributed by atoms with Gasteiger partial charge in [-0.2, -0.15) is 0 Å². The van der Waals surface area contributed by atoms with Gasteiger partial charge in [-0.1, -0.05) is 0 Å². The molecule has 6 heteroatoms. The maximum Gasteiger partial charge on any atom is 0.260 e. The second kappa shape index (κ2) is 4.50. The summed E-state index contributed by atoms with van der Waals surface area (Å²) in [5.41, 5.74) is 0.463. The molecule has 1 aliphatic heterocycles. The van der Waals surface area contributed by atoms with E-state index in [1.165, 1.54) is 4.90 Å². The van der Waals surface area contributed by atoms with Gasteiger partial charge in [0.25, 0.3) is 5.91 Å². The van der Waals surface area contributed by atoms with Gasteiger partial charge < -0.3 is 10.1 Å². The fourth-order valence-corrected chi connectivity index (χ4v) is 1.76. The van der Waals surface area contributed by atoms with Crippen molar-refractivity contribution in [2.45, 2.75) is 0 Å². The molecule has 1 aliphatic rings. The third-order valence-electron chi connectivity index (χ3n) is 2.38. The minimum Gasteiger partial charge on any atom is -0.497 e. The molecular formula is C11H10N2O3S. The summed E-state index contributed by atoms with van der Waals surface area (Å²) >= 11 is 4.89. The van der Waals surface area contributed by atoms with E-state index < -0.39 is 0 Å². The molecular weight excluding hydrogens is 240 g/mol. The molecule has 5 nitrogen and oxygen atoms in total. The molecule has 1 aromatic carbocycles. The number of hydrogen-bond acceptors (Lipinski definition) is 4. The van der Waals surface area contributed by atoms with Crippen LogP contribution in [0.2, 0.25) is 0 Å². The smallest absolute Gasteiger partial charge is 0.260 e. The zero-order valence-electron chi connectivity index (χ0n) is 9.10. The molecule has 0 radical (unpaired) electrons. The quantitative estimate of drug-likeness (QED) is 0.779. The molecule has 17 heavy (non-hydrogen) atoms. The van der Waals surface area contributed by atoms with E-state index in [2.05, 4.69) is 5.32 Å². The zero-order valence-corrected chi connectivity index (χ0v) is 9.91. The summed E-state index contributed by atoms with van der Waals surface area (Å²) in [6.07, 6.45) is 0. The molecule has 0 aromatic heterocycles. The van der Waals surface area contributed by atoms with Crippen molar-refractivity contribution in [1.29, 1.82) is 0 Å². The number of hydrogen-bond donors (Lipinski definition) is 1. The largest absolute Gasteiger partial charge is 0.497 e. The lowest BCUT2D eigenvalue weighted by Gasteiger charge is -2.13. The van der Waals surface area contributed by atoms with Gasteiger partial charge in [0.1, 0.15) is 12.3 Å². The Morgan fingerprint density at radius 3 is 2.53 bits per heavy atom. The summed E-state index contributed by atoms with van der Waals surface area (Å²) in [7, 11) is 1.55. The summed E-state index contributed by atoms with van der Waals surface area (Å²) in [6, 6.07) is 6.63. The van der Waals surface area contributed by atoms with Crippen molar-refractivity contribution in [3.8, 4) is 5.75 Å². The number of carbonyl (C=O) groups is 2. The summed E-state index contributed by atoms with van der Waals surface area (Å²) < 4.78 is 5.00. The van der Waals surface area contributed by atoms with E-state index in [1.807, 2.05) is 0 Å². The normalized spacial score (nSPS) is 14.8. The lowest BCUT2D eigenvalue weighted by molar-refractivity contribution is -0.118. The molecule has 1 N–H and O–H groups in total. The number of nitrogens with one attached hydrogen (secondary N) is 1. The predicted molar refractivity (Wildman–Crippen MR) is 64.8 cm³/mol. The van der Waals surface area contributed by atoms with E-state index >= 15 is 0 Å². The van der Waals surface area contributed by atoms with Crippen LogP contribution in [0.15, 0.2) is 24.3 Å². The van der Waals surface area contributed by atoms with Crippen LogP contribution in [0.3, 0.4) is 0 Å². The highest BCUT2D eigenvalue weighted by Gasteiger charge is 2.29. The van der Waals surface area contributed by atoms with Crippen LogP contribution in [0.5, 0.6) is 5.75 Å². The van der Waals surface area contributed by atoms with Crippen LogP contribution in [-0.2, 0) is 4.79 Å². The Morgan fingerprint density at radius 2 is 2.06 bits per heavy atom. The molecule has 2 amide bonds. The van der Waals surface area contributed by atoms with Crippen LogP contribution in [0.4, 0.5) is 0 Å². The molecule has 0 bridgehead atoms. The minimum absolute atomic E-state index is 0.0241. The maximum atomic E-state index is 12.0. The fourth-order valence-electron chi connectivity index (χ4n) is 1.50. The van der Waals surface area contributed by atoms with Crippen LogP contribution < -0.4 is 10.1 Å². The summed E-state index contributed by atoms with van der Waals surface area (Å²) in [4.78, 5) is 24.3. The van der Waals surface area contributed by atoms with Gasteiger partial charge >= 0.3 is 0 Å². The van der Waals surface area contributed by atoms with E-state index in [0.717, 1.165) is 0 Å². The molecule has 88 valence electrons. The molecule has 1 heterocycles. The monoisotopic (exact) mass is 250 g/mol. The fraction of sp³-hybridized carbons (Fsp3) is 0.182. The first-order valence-corrected chi connectivity index (χ1v) is 5.32. The lowest BCUT2D eigenvalue weighted by atomic mass is 10.2. The van der Waals surface area contributed by atoms with Gasteiger partial charge in [-0.05, 0) is 36.5 Å². The lowest BCUT2D eigenvalue weighted by Crippen LogP contribution is -2.33. The molecule has 0 spiro atoms. The summed E-state index contributed by atoms with van der Waals surface area (Å²) in [6.45, 7) is -0.0241.